The van der Waals surface area contributed by atoms with Gasteiger partial charge in [0.05, 0.1) is 17.9 Å². The van der Waals surface area contributed by atoms with Gasteiger partial charge < -0.3 is 10.6 Å². The van der Waals surface area contributed by atoms with Gasteiger partial charge in [0.25, 0.3) is 0 Å². The Balaban J connectivity index is 1.94. The highest BCUT2D eigenvalue weighted by molar-refractivity contribution is 9.10. The Hall–Kier alpha value is -0.980. The van der Waals surface area contributed by atoms with Crippen molar-refractivity contribution in [2.24, 2.45) is 0 Å². The molecule has 2 N–H and O–H groups in total. The first-order chi connectivity index (χ1) is 8.66. The van der Waals surface area contributed by atoms with Gasteiger partial charge in [-0.25, -0.2) is 0 Å². The zero-order chi connectivity index (χ0) is 13.0. The minimum Gasteiger partial charge on any atom is -0.323 e. The highest BCUT2D eigenvalue weighted by Gasteiger charge is 2.22. The monoisotopic (exact) mass is 312 g/mol. The number of rotatable bonds is 3. The van der Waals surface area contributed by atoms with Crippen molar-refractivity contribution in [1.29, 1.82) is 0 Å². The molecule has 2 rings (SSSR count). The largest absolute Gasteiger partial charge is 0.323 e. The summed E-state index contributed by atoms with van der Waals surface area (Å²) in [5, 5.41) is 6.16. The third-order valence-electron chi connectivity index (χ3n) is 3.05. The van der Waals surface area contributed by atoms with E-state index in [2.05, 4.69) is 36.4 Å². The molecule has 0 saturated carbocycles. The van der Waals surface area contributed by atoms with Gasteiger partial charge in [0.2, 0.25) is 5.91 Å². The average molecular weight is 313 g/mol. The van der Waals surface area contributed by atoms with E-state index in [1.54, 1.807) is 12.4 Å². The van der Waals surface area contributed by atoms with Crippen molar-refractivity contribution in [3.8, 4) is 0 Å². The molecule has 5 nitrogen and oxygen atoms in total. The van der Waals surface area contributed by atoms with Gasteiger partial charge in [-0.2, -0.15) is 0 Å². The predicted octanol–water partition coefficient (Wildman–Crippen LogP) is 1.08. The first-order valence-electron chi connectivity index (χ1n) is 6.03. The van der Waals surface area contributed by atoms with Crippen molar-refractivity contribution < 1.29 is 4.79 Å². The van der Waals surface area contributed by atoms with Crippen molar-refractivity contribution in [3.05, 3.63) is 22.9 Å². The molecule has 6 heteroatoms. The zero-order valence-electron chi connectivity index (χ0n) is 10.3. The summed E-state index contributed by atoms with van der Waals surface area (Å²) in [6.45, 7) is 5.63. The van der Waals surface area contributed by atoms with E-state index in [1.165, 1.54) is 0 Å². The van der Waals surface area contributed by atoms with Crippen LogP contribution in [0.3, 0.4) is 0 Å². The first-order valence-corrected chi connectivity index (χ1v) is 6.82. The fourth-order valence-corrected chi connectivity index (χ4v) is 2.33. The van der Waals surface area contributed by atoms with Gasteiger partial charge in [0, 0.05) is 36.8 Å². The quantitative estimate of drug-likeness (QED) is 0.877. The van der Waals surface area contributed by atoms with E-state index in [0.717, 1.165) is 36.3 Å². The minimum absolute atomic E-state index is 0.0109. The van der Waals surface area contributed by atoms with E-state index in [0.29, 0.717) is 0 Å². The van der Waals surface area contributed by atoms with E-state index in [4.69, 9.17) is 0 Å². The molecule has 0 aliphatic carbocycles. The fraction of sp³-hybridized carbons (Fsp3) is 0.500. The molecule has 1 aromatic heterocycles. The molecule has 98 valence electrons. The fourth-order valence-electron chi connectivity index (χ4n) is 1.96. The molecule has 1 atom stereocenters. The Morgan fingerprint density at radius 1 is 1.50 bits per heavy atom. The molecule has 1 unspecified atom stereocenters. The molecule has 18 heavy (non-hydrogen) atoms. The van der Waals surface area contributed by atoms with Crippen molar-refractivity contribution in [2.45, 2.75) is 13.0 Å². The summed E-state index contributed by atoms with van der Waals surface area (Å²) in [7, 11) is 0. The number of hydrogen-bond acceptors (Lipinski definition) is 4. The molecule has 0 spiro atoms. The molecule has 1 amide bonds. The van der Waals surface area contributed by atoms with Crippen molar-refractivity contribution in [1.82, 2.24) is 15.2 Å². The normalized spacial score (nSPS) is 18.3. The summed E-state index contributed by atoms with van der Waals surface area (Å²) in [4.78, 5) is 18.3. The molecule has 0 radical (unpaired) electrons. The van der Waals surface area contributed by atoms with Crippen molar-refractivity contribution in [2.75, 3.05) is 31.5 Å². The molecule has 2 heterocycles. The number of nitrogens with zero attached hydrogens (tertiary/aromatic N) is 2. The van der Waals surface area contributed by atoms with Crippen LogP contribution in [0.25, 0.3) is 0 Å². The standard InChI is InChI=1S/C12H17BrN4O/c1-9(17-4-2-14-3-5-17)12(18)16-11-6-10(13)7-15-8-11/h6-9,14H,2-5H2,1H3,(H,16,18). The number of pyridine rings is 1. The van der Waals surface area contributed by atoms with Crippen LogP contribution in [0.4, 0.5) is 5.69 Å². The molecular weight excluding hydrogens is 296 g/mol. The smallest absolute Gasteiger partial charge is 0.241 e. The van der Waals surface area contributed by atoms with Gasteiger partial charge in [0.1, 0.15) is 0 Å². The van der Waals surface area contributed by atoms with Gasteiger partial charge in [-0.15, -0.1) is 0 Å². The summed E-state index contributed by atoms with van der Waals surface area (Å²) in [5.41, 5.74) is 0.719. The SMILES string of the molecule is CC(C(=O)Nc1cncc(Br)c1)N1CCNCC1. The van der Waals surface area contributed by atoms with Crippen molar-refractivity contribution >= 4 is 27.5 Å². The molecular formula is C12H17BrN4O. The number of anilines is 1. The van der Waals surface area contributed by atoms with E-state index >= 15 is 0 Å². The maximum atomic E-state index is 12.1. The Bertz CT molecular complexity index is 420. The van der Waals surface area contributed by atoms with Crippen LogP contribution in [-0.4, -0.2) is 48.0 Å². The zero-order valence-corrected chi connectivity index (χ0v) is 11.9. The Morgan fingerprint density at radius 2 is 2.22 bits per heavy atom. The topological polar surface area (TPSA) is 57.3 Å². The molecule has 0 bridgehead atoms. The number of carbonyl (C=O) groups excluding carboxylic acids is 1. The van der Waals surface area contributed by atoms with Crippen LogP contribution in [0.1, 0.15) is 6.92 Å². The van der Waals surface area contributed by atoms with E-state index in [1.807, 2.05) is 13.0 Å². The highest BCUT2D eigenvalue weighted by atomic mass is 79.9. The van der Waals surface area contributed by atoms with Gasteiger partial charge in [-0.3, -0.25) is 14.7 Å². The molecule has 1 aliphatic heterocycles. The average Bonchev–Trinajstić information content (AvgIpc) is 2.39. The molecule has 1 fully saturated rings. The maximum absolute atomic E-state index is 12.1. The van der Waals surface area contributed by atoms with Gasteiger partial charge >= 0.3 is 0 Å². The third kappa shape index (κ3) is 3.51. The Kier molecular flexibility index (Phi) is 4.68. The van der Waals surface area contributed by atoms with Crippen LogP contribution >= 0.6 is 15.9 Å². The van der Waals surface area contributed by atoms with Crippen LogP contribution in [0.5, 0.6) is 0 Å². The van der Waals surface area contributed by atoms with Gasteiger partial charge in [-0.1, -0.05) is 0 Å². The highest BCUT2D eigenvalue weighted by Crippen LogP contribution is 2.14. The molecule has 1 saturated heterocycles. The lowest BCUT2D eigenvalue weighted by molar-refractivity contribution is -0.120. The van der Waals surface area contributed by atoms with Gasteiger partial charge in [-0.05, 0) is 28.9 Å². The molecule has 0 aromatic carbocycles. The van der Waals surface area contributed by atoms with Crippen LogP contribution < -0.4 is 10.6 Å². The second kappa shape index (κ2) is 6.26. The van der Waals surface area contributed by atoms with E-state index < -0.39 is 0 Å². The van der Waals surface area contributed by atoms with Crippen LogP contribution in [0.2, 0.25) is 0 Å². The predicted molar refractivity (Wildman–Crippen MR) is 74.5 cm³/mol. The number of hydrogen-bond donors (Lipinski definition) is 2. The third-order valence-corrected chi connectivity index (χ3v) is 3.48. The number of carbonyl (C=O) groups is 1. The Morgan fingerprint density at radius 3 is 2.89 bits per heavy atom. The number of halogens is 1. The van der Waals surface area contributed by atoms with E-state index in [-0.39, 0.29) is 11.9 Å². The molecule has 1 aliphatic rings. The van der Waals surface area contributed by atoms with Crippen LogP contribution in [0.15, 0.2) is 22.9 Å². The summed E-state index contributed by atoms with van der Waals surface area (Å²) in [6.07, 6.45) is 3.34. The lowest BCUT2D eigenvalue weighted by atomic mass is 10.2. The maximum Gasteiger partial charge on any atom is 0.241 e. The summed E-state index contributed by atoms with van der Waals surface area (Å²) < 4.78 is 0.857. The number of piperazine rings is 1. The van der Waals surface area contributed by atoms with Crippen LogP contribution in [0, 0.1) is 0 Å². The first kappa shape index (κ1) is 13.5. The lowest BCUT2D eigenvalue weighted by Crippen LogP contribution is -2.51. The lowest BCUT2D eigenvalue weighted by Gasteiger charge is -2.31. The summed E-state index contributed by atoms with van der Waals surface area (Å²) >= 11 is 3.33. The van der Waals surface area contributed by atoms with Crippen LogP contribution in [-0.2, 0) is 4.79 Å². The van der Waals surface area contributed by atoms with Crippen molar-refractivity contribution in [3.63, 3.8) is 0 Å². The summed E-state index contributed by atoms with van der Waals surface area (Å²) in [6, 6.07) is 1.72. The molecule has 1 aromatic rings. The van der Waals surface area contributed by atoms with Gasteiger partial charge in [0.15, 0.2) is 0 Å². The minimum atomic E-state index is -0.119. The number of nitrogens with one attached hydrogen (secondary N) is 2. The second-order valence-electron chi connectivity index (χ2n) is 4.34. The second-order valence-corrected chi connectivity index (χ2v) is 5.26. The number of aromatic nitrogens is 1. The van der Waals surface area contributed by atoms with E-state index in [9.17, 15) is 4.79 Å². The summed E-state index contributed by atoms with van der Waals surface area (Å²) in [5.74, 6) is 0.0109. The number of amides is 1. The Labute approximate surface area is 115 Å².